The third-order valence-electron chi connectivity index (χ3n) is 3.45. The molecule has 0 aliphatic rings. The second kappa shape index (κ2) is 6.39. The summed E-state index contributed by atoms with van der Waals surface area (Å²) in [5, 5.41) is 2.88. The van der Waals surface area contributed by atoms with Crippen LogP contribution in [0.15, 0.2) is 59.4 Å². The molecule has 0 atom stereocenters. The van der Waals surface area contributed by atoms with Crippen LogP contribution >= 0.6 is 0 Å². The molecule has 2 aromatic carbocycles. The predicted octanol–water partition coefficient (Wildman–Crippen LogP) is 3.70. The molecule has 0 radical (unpaired) electrons. The molecule has 0 saturated heterocycles. The monoisotopic (exact) mass is 346 g/mol. The zero-order chi connectivity index (χ0) is 18.0. The highest BCUT2D eigenvalue weighted by atomic mass is 19.4. The lowest BCUT2D eigenvalue weighted by atomic mass is 10.2. The van der Waals surface area contributed by atoms with Crippen molar-refractivity contribution in [2.75, 3.05) is 5.32 Å². The van der Waals surface area contributed by atoms with Crippen molar-refractivity contribution in [3.05, 3.63) is 76.5 Å². The highest BCUT2D eigenvalue weighted by Gasteiger charge is 2.30. The van der Waals surface area contributed by atoms with Crippen molar-refractivity contribution >= 4 is 11.6 Å². The van der Waals surface area contributed by atoms with Crippen molar-refractivity contribution in [2.45, 2.75) is 13.1 Å². The van der Waals surface area contributed by atoms with E-state index in [4.69, 9.17) is 0 Å². The van der Waals surface area contributed by atoms with Crippen molar-refractivity contribution in [3.63, 3.8) is 0 Å². The minimum Gasteiger partial charge on any atom is -0.324 e. The molecule has 128 valence electrons. The Morgan fingerprint density at radius 3 is 2.36 bits per heavy atom. The van der Waals surface area contributed by atoms with E-state index in [1.165, 1.54) is 19.1 Å². The van der Waals surface area contributed by atoms with Gasteiger partial charge in [0.05, 0.1) is 11.3 Å². The van der Waals surface area contributed by atoms with Crippen molar-refractivity contribution < 1.29 is 13.2 Å². The fourth-order valence-electron chi connectivity index (χ4n) is 2.33. The average Bonchev–Trinajstić information content (AvgIpc) is 2.55. The van der Waals surface area contributed by atoms with Gasteiger partial charge in [-0.3, -0.25) is 0 Å². The van der Waals surface area contributed by atoms with Crippen LogP contribution in [-0.4, -0.2) is 14.5 Å². The number of halogens is 3. The van der Waals surface area contributed by atoms with Gasteiger partial charge < -0.3 is 5.32 Å². The Bertz CT molecular complexity index is 952. The summed E-state index contributed by atoms with van der Waals surface area (Å²) in [6.07, 6.45) is -4.50. The Morgan fingerprint density at radius 2 is 1.72 bits per heavy atom. The Labute approximate surface area is 140 Å². The molecule has 0 spiro atoms. The first-order valence-corrected chi connectivity index (χ1v) is 7.32. The maximum absolute atomic E-state index is 12.9. The Morgan fingerprint density at radius 1 is 1.00 bits per heavy atom. The van der Waals surface area contributed by atoms with E-state index in [9.17, 15) is 18.0 Å². The molecule has 0 fully saturated rings. The summed E-state index contributed by atoms with van der Waals surface area (Å²) in [7, 11) is 0. The minimum absolute atomic E-state index is 0.0589. The van der Waals surface area contributed by atoms with Crippen LogP contribution in [0.25, 0.3) is 5.69 Å². The molecule has 3 rings (SSSR count). The topological polar surface area (TPSA) is 59.8 Å². The molecule has 0 saturated carbocycles. The Kier molecular flexibility index (Phi) is 4.26. The molecule has 3 aromatic rings. The van der Waals surface area contributed by atoms with Gasteiger partial charge in [0.2, 0.25) is 5.95 Å². The van der Waals surface area contributed by atoms with E-state index in [0.717, 1.165) is 16.7 Å². The van der Waals surface area contributed by atoms with E-state index < -0.39 is 17.4 Å². The van der Waals surface area contributed by atoms with Gasteiger partial charge in [-0.15, -0.1) is 0 Å². The van der Waals surface area contributed by atoms with Gasteiger partial charge in [0.1, 0.15) is 5.82 Å². The number of rotatable bonds is 3. The minimum atomic E-state index is -4.50. The third kappa shape index (κ3) is 3.68. The van der Waals surface area contributed by atoms with Gasteiger partial charge in [-0.1, -0.05) is 24.3 Å². The van der Waals surface area contributed by atoms with Gasteiger partial charge in [-0.2, -0.15) is 23.1 Å². The highest BCUT2D eigenvalue weighted by molar-refractivity contribution is 5.52. The summed E-state index contributed by atoms with van der Waals surface area (Å²) in [5.41, 5.74) is -0.810. The van der Waals surface area contributed by atoms with E-state index in [1.54, 1.807) is 24.3 Å². The predicted molar refractivity (Wildman–Crippen MR) is 87.1 cm³/mol. The molecule has 0 aliphatic heterocycles. The maximum Gasteiger partial charge on any atom is 0.416 e. The molecule has 25 heavy (non-hydrogen) atoms. The normalized spacial score (nSPS) is 11.4. The average molecular weight is 346 g/mol. The first-order chi connectivity index (χ1) is 11.8. The maximum atomic E-state index is 12.9. The van der Waals surface area contributed by atoms with Gasteiger partial charge in [-0.25, -0.2) is 9.36 Å². The smallest absolute Gasteiger partial charge is 0.324 e. The summed E-state index contributed by atoms with van der Waals surface area (Å²) in [5.74, 6) is 0.301. The van der Waals surface area contributed by atoms with E-state index in [1.807, 2.05) is 6.07 Å². The lowest BCUT2D eigenvalue weighted by Gasteiger charge is -2.13. The second-order valence-corrected chi connectivity index (χ2v) is 5.25. The van der Waals surface area contributed by atoms with Crippen LogP contribution in [-0.2, 0) is 6.18 Å². The lowest BCUT2D eigenvalue weighted by molar-refractivity contribution is -0.137. The van der Waals surface area contributed by atoms with Gasteiger partial charge in [-0.05, 0) is 37.3 Å². The molecule has 1 N–H and O–H groups in total. The van der Waals surface area contributed by atoms with Crippen molar-refractivity contribution in [2.24, 2.45) is 0 Å². The molecule has 1 heterocycles. The number of para-hydroxylation sites is 1. The molecule has 8 heteroatoms. The summed E-state index contributed by atoms with van der Waals surface area (Å²) in [4.78, 5) is 20.3. The standard InChI is InChI=1S/C17H13F3N4O/c1-11-21-15(22-13-7-3-2-4-8-13)23-16(25)24(11)14-9-5-6-12(10-14)17(18,19)20/h2-10H,1H3,(H,22,23,25). The lowest BCUT2D eigenvalue weighted by Crippen LogP contribution is -2.26. The molecule has 5 nitrogen and oxygen atoms in total. The Balaban J connectivity index is 2.00. The first kappa shape index (κ1) is 16.7. The number of hydrogen-bond donors (Lipinski definition) is 1. The van der Waals surface area contributed by atoms with Gasteiger partial charge in [0.25, 0.3) is 0 Å². The molecular formula is C17H13F3N4O. The number of hydrogen-bond acceptors (Lipinski definition) is 4. The number of aryl methyl sites for hydroxylation is 1. The summed E-state index contributed by atoms with van der Waals surface area (Å²) in [6.45, 7) is 1.53. The van der Waals surface area contributed by atoms with E-state index in [2.05, 4.69) is 15.3 Å². The van der Waals surface area contributed by atoms with Crippen LogP contribution in [0.4, 0.5) is 24.8 Å². The van der Waals surface area contributed by atoms with Crippen LogP contribution in [0, 0.1) is 6.92 Å². The number of nitrogens with one attached hydrogen (secondary N) is 1. The van der Waals surface area contributed by atoms with Gasteiger partial charge >= 0.3 is 11.9 Å². The second-order valence-electron chi connectivity index (χ2n) is 5.25. The summed E-state index contributed by atoms with van der Waals surface area (Å²) >= 11 is 0. The number of benzene rings is 2. The molecule has 0 amide bonds. The number of nitrogens with zero attached hydrogens (tertiary/aromatic N) is 3. The first-order valence-electron chi connectivity index (χ1n) is 7.32. The quantitative estimate of drug-likeness (QED) is 0.786. The highest BCUT2D eigenvalue weighted by Crippen LogP contribution is 2.30. The van der Waals surface area contributed by atoms with Gasteiger partial charge in [0.15, 0.2) is 0 Å². The SMILES string of the molecule is Cc1nc(Nc2ccccc2)nc(=O)n1-c1cccc(C(F)(F)F)c1. The van der Waals surface area contributed by atoms with E-state index in [0.29, 0.717) is 5.69 Å². The summed E-state index contributed by atoms with van der Waals surface area (Å²) < 4.78 is 39.6. The zero-order valence-corrected chi connectivity index (χ0v) is 13.1. The van der Waals surface area contributed by atoms with Crippen LogP contribution < -0.4 is 11.0 Å². The van der Waals surface area contributed by atoms with Crippen LogP contribution in [0.5, 0.6) is 0 Å². The molecule has 0 unspecified atom stereocenters. The van der Waals surface area contributed by atoms with E-state index >= 15 is 0 Å². The molecule has 0 bridgehead atoms. The van der Waals surface area contributed by atoms with Crippen LogP contribution in [0.2, 0.25) is 0 Å². The van der Waals surface area contributed by atoms with Crippen molar-refractivity contribution in [3.8, 4) is 5.69 Å². The number of anilines is 2. The van der Waals surface area contributed by atoms with Crippen molar-refractivity contribution in [1.82, 2.24) is 14.5 Å². The van der Waals surface area contributed by atoms with E-state index in [-0.39, 0.29) is 17.5 Å². The third-order valence-corrected chi connectivity index (χ3v) is 3.45. The van der Waals surface area contributed by atoms with Crippen LogP contribution in [0.1, 0.15) is 11.4 Å². The summed E-state index contributed by atoms with van der Waals surface area (Å²) in [6, 6.07) is 13.5. The van der Waals surface area contributed by atoms with Crippen molar-refractivity contribution in [1.29, 1.82) is 0 Å². The fraction of sp³-hybridized carbons (Fsp3) is 0.118. The number of alkyl halides is 3. The van der Waals surface area contributed by atoms with Crippen LogP contribution in [0.3, 0.4) is 0 Å². The largest absolute Gasteiger partial charge is 0.416 e. The zero-order valence-electron chi connectivity index (χ0n) is 13.1. The molecule has 0 aliphatic carbocycles. The Hall–Kier alpha value is -3.16. The fourth-order valence-corrected chi connectivity index (χ4v) is 2.33. The number of aromatic nitrogens is 3. The van der Waals surface area contributed by atoms with Gasteiger partial charge in [0, 0.05) is 5.69 Å². The molecule has 1 aromatic heterocycles. The molecular weight excluding hydrogens is 333 g/mol.